The molecule has 1 heterocycles. The van der Waals surface area contributed by atoms with Gasteiger partial charge < -0.3 is 4.74 Å². The van der Waals surface area contributed by atoms with Crippen LogP contribution in [-0.2, 0) is 16.9 Å². The third-order valence-electron chi connectivity index (χ3n) is 4.28. The van der Waals surface area contributed by atoms with Crippen LogP contribution in [0.5, 0.6) is 0 Å². The summed E-state index contributed by atoms with van der Waals surface area (Å²) in [6.45, 7) is 2.37. The Morgan fingerprint density at radius 3 is 2.77 bits per heavy atom. The van der Waals surface area contributed by atoms with E-state index >= 15 is 0 Å². The van der Waals surface area contributed by atoms with Gasteiger partial charge in [-0.3, -0.25) is 0 Å². The molecule has 0 spiro atoms. The van der Waals surface area contributed by atoms with E-state index < -0.39 is 5.60 Å². The van der Waals surface area contributed by atoms with Crippen molar-refractivity contribution in [3.8, 4) is 6.07 Å². The van der Waals surface area contributed by atoms with E-state index in [2.05, 4.69) is 16.2 Å². The molecule has 114 valence electrons. The molecule has 0 saturated heterocycles. The number of hydrogen-bond acceptors (Lipinski definition) is 4. The largest absolute Gasteiger partial charge is 0.351 e. The van der Waals surface area contributed by atoms with Gasteiger partial charge in [0.2, 0.25) is 0 Å². The number of aryl methyl sites for hydroxylation is 1. The number of nitriles is 1. The minimum atomic E-state index is -1.02. The van der Waals surface area contributed by atoms with Crippen molar-refractivity contribution in [1.29, 1.82) is 5.26 Å². The van der Waals surface area contributed by atoms with Crippen LogP contribution < -0.4 is 0 Å². The quantitative estimate of drug-likeness (QED) is 0.851. The Morgan fingerprint density at radius 2 is 2.14 bits per heavy atom. The molecule has 1 aromatic carbocycles. The average Bonchev–Trinajstić information content (AvgIpc) is 3.21. The highest BCUT2D eigenvalue weighted by atomic mass is 16.5. The molecule has 3 rings (SSSR count). The molecule has 5 nitrogen and oxygen atoms in total. The maximum absolute atomic E-state index is 9.98. The van der Waals surface area contributed by atoms with Crippen molar-refractivity contribution in [2.75, 3.05) is 0 Å². The zero-order valence-corrected chi connectivity index (χ0v) is 12.8. The van der Waals surface area contributed by atoms with E-state index in [9.17, 15) is 5.26 Å². The predicted octanol–water partition coefficient (Wildman–Crippen LogP) is 2.96. The molecule has 0 bridgehead atoms. The van der Waals surface area contributed by atoms with Crippen molar-refractivity contribution >= 4 is 0 Å². The maximum Gasteiger partial charge on any atom is 0.199 e. The van der Waals surface area contributed by atoms with Crippen LogP contribution in [0.3, 0.4) is 0 Å². The fourth-order valence-electron chi connectivity index (χ4n) is 3.17. The fourth-order valence-corrected chi connectivity index (χ4v) is 3.17. The van der Waals surface area contributed by atoms with Gasteiger partial charge in [0, 0.05) is 5.56 Å². The molecular formula is C17H20N4O. The number of aromatic nitrogens is 3. The van der Waals surface area contributed by atoms with Crippen LogP contribution in [0.15, 0.2) is 36.9 Å². The first kappa shape index (κ1) is 14.7. The first-order valence-corrected chi connectivity index (χ1v) is 7.71. The predicted molar refractivity (Wildman–Crippen MR) is 81.8 cm³/mol. The second-order valence-corrected chi connectivity index (χ2v) is 5.87. The van der Waals surface area contributed by atoms with Gasteiger partial charge in [0.05, 0.1) is 12.6 Å². The molecular weight excluding hydrogens is 276 g/mol. The van der Waals surface area contributed by atoms with Gasteiger partial charge in [-0.25, -0.2) is 9.67 Å². The van der Waals surface area contributed by atoms with Gasteiger partial charge in [-0.05, 0) is 25.3 Å². The fraction of sp³-hybridized carbons (Fsp3) is 0.471. The van der Waals surface area contributed by atoms with E-state index in [0.717, 1.165) is 24.0 Å². The number of nitrogens with zero attached hydrogens (tertiary/aromatic N) is 4. The molecule has 1 unspecified atom stereocenters. The lowest BCUT2D eigenvalue weighted by atomic mass is 9.90. The Labute approximate surface area is 130 Å². The molecule has 1 saturated carbocycles. The highest BCUT2D eigenvalue weighted by Crippen LogP contribution is 2.35. The molecule has 1 aliphatic carbocycles. The molecule has 5 heteroatoms. The summed E-state index contributed by atoms with van der Waals surface area (Å²) in [7, 11) is 0. The molecule has 2 aromatic rings. The van der Waals surface area contributed by atoms with E-state index in [1.165, 1.54) is 19.2 Å². The maximum atomic E-state index is 9.98. The average molecular weight is 296 g/mol. The Morgan fingerprint density at radius 1 is 1.36 bits per heavy atom. The summed E-state index contributed by atoms with van der Waals surface area (Å²) in [4.78, 5) is 3.98. The molecule has 0 amide bonds. The van der Waals surface area contributed by atoms with Crippen molar-refractivity contribution < 1.29 is 4.74 Å². The van der Waals surface area contributed by atoms with Crippen molar-refractivity contribution in [2.24, 2.45) is 0 Å². The van der Waals surface area contributed by atoms with Gasteiger partial charge >= 0.3 is 0 Å². The summed E-state index contributed by atoms with van der Waals surface area (Å²) < 4.78 is 8.01. The van der Waals surface area contributed by atoms with Gasteiger partial charge in [-0.15, -0.1) is 0 Å². The monoisotopic (exact) mass is 296 g/mol. The topological polar surface area (TPSA) is 63.7 Å². The summed E-state index contributed by atoms with van der Waals surface area (Å²) in [5, 5.41) is 14.1. The Bertz CT molecular complexity index is 656. The second kappa shape index (κ2) is 6.29. The van der Waals surface area contributed by atoms with Crippen molar-refractivity contribution in [3.63, 3.8) is 0 Å². The number of hydrogen-bond donors (Lipinski definition) is 0. The highest BCUT2D eigenvalue weighted by molar-refractivity contribution is 5.36. The van der Waals surface area contributed by atoms with E-state index in [1.807, 2.05) is 31.2 Å². The van der Waals surface area contributed by atoms with Crippen LogP contribution in [-0.4, -0.2) is 20.9 Å². The zero-order valence-electron chi connectivity index (χ0n) is 12.8. The first-order chi connectivity index (χ1) is 10.7. The highest BCUT2D eigenvalue weighted by Gasteiger charge is 2.39. The summed E-state index contributed by atoms with van der Waals surface area (Å²) in [6, 6.07) is 10.3. The van der Waals surface area contributed by atoms with Crippen molar-refractivity contribution in [2.45, 2.75) is 50.9 Å². The summed E-state index contributed by atoms with van der Waals surface area (Å²) >= 11 is 0. The molecule has 0 radical (unpaired) electrons. The normalized spacial score (nSPS) is 18.0. The van der Waals surface area contributed by atoms with Gasteiger partial charge in [-0.2, -0.15) is 10.4 Å². The van der Waals surface area contributed by atoms with Gasteiger partial charge in [-0.1, -0.05) is 37.1 Å². The first-order valence-electron chi connectivity index (χ1n) is 7.71. The molecule has 22 heavy (non-hydrogen) atoms. The standard InChI is InChI=1S/C17H20N4O/c1-14-6-2-5-9-16(14)17(10-18,11-21-13-19-12-20-21)22-15-7-3-4-8-15/h2,5-6,9,12-13,15H,3-4,7-8,11H2,1H3. The van der Waals surface area contributed by atoms with Crippen molar-refractivity contribution in [3.05, 3.63) is 48.0 Å². The summed E-state index contributed by atoms with van der Waals surface area (Å²) in [5.41, 5.74) is 0.954. The third kappa shape index (κ3) is 2.88. The number of ether oxygens (including phenoxy) is 1. The van der Waals surface area contributed by atoms with Crippen LogP contribution >= 0.6 is 0 Å². The minimum Gasteiger partial charge on any atom is -0.351 e. The smallest absolute Gasteiger partial charge is 0.199 e. The van der Waals surface area contributed by atoms with Gasteiger partial charge in [0.25, 0.3) is 0 Å². The Balaban J connectivity index is 1.99. The lowest BCUT2D eigenvalue weighted by Crippen LogP contribution is -2.37. The van der Waals surface area contributed by atoms with E-state index in [1.54, 1.807) is 11.0 Å². The molecule has 1 fully saturated rings. The number of benzene rings is 1. The minimum absolute atomic E-state index is 0.141. The van der Waals surface area contributed by atoms with Crippen LogP contribution in [0.25, 0.3) is 0 Å². The summed E-state index contributed by atoms with van der Waals surface area (Å²) in [6.07, 6.45) is 7.63. The van der Waals surface area contributed by atoms with Crippen LogP contribution in [0.1, 0.15) is 36.8 Å². The van der Waals surface area contributed by atoms with E-state index in [4.69, 9.17) is 4.74 Å². The van der Waals surface area contributed by atoms with E-state index in [-0.39, 0.29) is 6.10 Å². The zero-order chi connectivity index (χ0) is 15.4. The van der Waals surface area contributed by atoms with Gasteiger partial charge in [0.15, 0.2) is 5.60 Å². The molecule has 1 aliphatic rings. The lowest BCUT2D eigenvalue weighted by molar-refractivity contribution is -0.0711. The Hall–Kier alpha value is -2.19. The van der Waals surface area contributed by atoms with Crippen molar-refractivity contribution in [1.82, 2.24) is 14.8 Å². The lowest BCUT2D eigenvalue weighted by Gasteiger charge is -2.31. The molecule has 1 atom stereocenters. The summed E-state index contributed by atoms with van der Waals surface area (Å²) in [5.74, 6) is 0. The van der Waals surface area contributed by atoms with Crippen LogP contribution in [0, 0.1) is 18.3 Å². The molecule has 0 N–H and O–H groups in total. The van der Waals surface area contributed by atoms with Crippen LogP contribution in [0.4, 0.5) is 0 Å². The van der Waals surface area contributed by atoms with E-state index in [0.29, 0.717) is 6.54 Å². The molecule has 0 aliphatic heterocycles. The number of rotatable bonds is 5. The SMILES string of the molecule is Cc1ccccc1C(C#N)(Cn1cncn1)OC1CCCC1. The van der Waals surface area contributed by atoms with Gasteiger partial charge in [0.1, 0.15) is 18.7 Å². The second-order valence-electron chi connectivity index (χ2n) is 5.87. The molecule has 1 aromatic heterocycles. The third-order valence-corrected chi connectivity index (χ3v) is 4.28. The Kier molecular flexibility index (Phi) is 4.21. The van der Waals surface area contributed by atoms with Crippen LogP contribution in [0.2, 0.25) is 0 Å².